The molecule has 0 bridgehead atoms. The number of morpholine rings is 1. The molecule has 2 N–H and O–H groups in total. The summed E-state index contributed by atoms with van der Waals surface area (Å²) in [6.07, 6.45) is 4.96. The van der Waals surface area contributed by atoms with E-state index in [4.69, 9.17) is 9.84 Å². The van der Waals surface area contributed by atoms with Gasteiger partial charge in [0.15, 0.2) is 11.4 Å². The summed E-state index contributed by atoms with van der Waals surface area (Å²) in [4.78, 5) is 24.2. The minimum atomic E-state index is -1.03. The van der Waals surface area contributed by atoms with Gasteiger partial charge in [0.25, 0.3) is 0 Å². The number of aromatic nitrogens is 3. The first-order valence-corrected chi connectivity index (χ1v) is 7.58. The molecule has 1 saturated heterocycles. The third-order valence-electron chi connectivity index (χ3n) is 4.12. The summed E-state index contributed by atoms with van der Waals surface area (Å²) in [5.41, 5.74) is 0.332. The average Bonchev–Trinajstić information content (AvgIpc) is 3.15. The number of nitrogens with zero attached hydrogens (tertiary/aromatic N) is 4. The van der Waals surface area contributed by atoms with Crippen molar-refractivity contribution in [2.24, 2.45) is 0 Å². The number of H-pyrrole nitrogens is 1. The summed E-state index contributed by atoms with van der Waals surface area (Å²) in [5.74, 6) is -0.241. The number of aliphatic carboxylic acids is 1. The number of nitrogens with one attached hydrogen (secondary N) is 1. The molecule has 1 atom stereocenters. The highest BCUT2D eigenvalue weighted by molar-refractivity contribution is 5.66. The molecule has 1 aliphatic heterocycles. The molecule has 3 rings (SSSR count). The van der Waals surface area contributed by atoms with Crippen LogP contribution >= 0.6 is 0 Å². The van der Waals surface area contributed by atoms with Crippen molar-refractivity contribution in [3.63, 3.8) is 0 Å². The highest BCUT2D eigenvalue weighted by Gasteiger charge is 2.42. The Balaban J connectivity index is 1.90. The quantitative estimate of drug-likeness (QED) is 0.841. The second-order valence-corrected chi connectivity index (χ2v) is 5.53. The molecular formula is C16H17N5O3. The van der Waals surface area contributed by atoms with Gasteiger partial charge in [-0.2, -0.15) is 5.26 Å². The number of carbonyl (C=O) groups is 1. The molecule has 1 unspecified atom stereocenters. The molecule has 8 nitrogen and oxygen atoms in total. The maximum atomic E-state index is 10.9. The van der Waals surface area contributed by atoms with Crippen LogP contribution in [0.5, 0.6) is 0 Å². The Morgan fingerprint density at radius 1 is 1.50 bits per heavy atom. The van der Waals surface area contributed by atoms with E-state index in [1.165, 1.54) is 0 Å². The van der Waals surface area contributed by atoms with E-state index in [-0.39, 0.29) is 19.6 Å². The molecular weight excluding hydrogens is 310 g/mol. The number of carboxylic acids is 1. The Labute approximate surface area is 138 Å². The lowest BCUT2D eigenvalue weighted by atomic mass is 9.90. The van der Waals surface area contributed by atoms with Gasteiger partial charge in [0.1, 0.15) is 5.69 Å². The minimum absolute atomic E-state index is 0.0265. The third-order valence-corrected chi connectivity index (χ3v) is 4.12. The van der Waals surface area contributed by atoms with E-state index >= 15 is 0 Å². The number of hydrogen-bond acceptors (Lipinski definition) is 6. The zero-order valence-electron chi connectivity index (χ0n) is 13.0. The number of imidazole rings is 1. The van der Waals surface area contributed by atoms with Crippen LogP contribution in [0.3, 0.4) is 0 Å². The second kappa shape index (κ2) is 6.78. The Morgan fingerprint density at radius 3 is 3.00 bits per heavy atom. The van der Waals surface area contributed by atoms with E-state index in [0.29, 0.717) is 30.2 Å². The van der Waals surface area contributed by atoms with Gasteiger partial charge in [0.2, 0.25) is 0 Å². The fourth-order valence-electron chi connectivity index (χ4n) is 2.83. The van der Waals surface area contributed by atoms with E-state index in [9.17, 15) is 10.1 Å². The molecule has 124 valence electrons. The normalized spacial score (nSPS) is 21.3. The molecule has 2 aromatic heterocycles. The molecule has 1 fully saturated rings. The van der Waals surface area contributed by atoms with Gasteiger partial charge in [-0.25, -0.2) is 4.98 Å². The number of aromatic amines is 1. The maximum absolute atomic E-state index is 10.9. The summed E-state index contributed by atoms with van der Waals surface area (Å²) in [6, 6.07) is 5.91. The van der Waals surface area contributed by atoms with Crippen molar-refractivity contribution in [3.05, 3.63) is 36.3 Å². The second-order valence-electron chi connectivity index (χ2n) is 5.53. The number of carboxylic acid groups (broad SMARTS) is 1. The summed E-state index contributed by atoms with van der Waals surface area (Å²) in [5, 5.41) is 18.8. The minimum Gasteiger partial charge on any atom is -0.481 e. The summed E-state index contributed by atoms with van der Waals surface area (Å²) >= 11 is 0. The molecule has 0 aliphatic carbocycles. The van der Waals surface area contributed by atoms with Gasteiger partial charge < -0.3 is 14.8 Å². The van der Waals surface area contributed by atoms with Gasteiger partial charge in [-0.15, -0.1) is 0 Å². The van der Waals surface area contributed by atoms with Gasteiger partial charge in [-0.05, 0) is 6.07 Å². The highest BCUT2D eigenvalue weighted by atomic mass is 16.5. The molecule has 2 aromatic rings. The summed E-state index contributed by atoms with van der Waals surface area (Å²) in [7, 11) is 0. The van der Waals surface area contributed by atoms with Crippen LogP contribution in [0.15, 0.2) is 30.7 Å². The van der Waals surface area contributed by atoms with Crippen LogP contribution < -0.4 is 0 Å². The van der Waals surface area contributed by atoms with Crippen molar-refractivity contribution >= 4 is 5.97 Å². The Morgan fingerprint density at radius 2 is 2.38 bits per heavy atom. The zero-order valence-corrected chi connectivity index (χ0v) is 13.0. The van der Waals surface area contributed by atoms with E-state index < -0.39 is 11.5 Å². The van der Waals surface area contributed by atoms with Crippen molar-refractivity contribution < 1.29 is 14.6 Å². The SMILES string of the molecule is N#CC1(c2ccc(-c3ncc[nH]3)nc2)COCCN1CCC(=O)O. The molecule has 0 amide bonds. The van der Waals surface area contributed by atoms with Crippen molar-refractivity contribution in [1.29, 1.82) is 5.26 Å². The number of rotatable bonds is 5. The molecule has 8 heteroatoms. The van der Waals surface area contributed by atoms with Crippen LogP contribution in [-0.4, -0.2) is 57.2 Å². The molecule has 24 heavy (non-hydrogen) atoms. The fraction of sp³-hybridized carbons (Fsp3) is 0.375. The zero-order chi connectivity index (χ0) is 17.0. The molecule has 3 heterocycles. The number of nitriles is 1. The lowest BCUT2D eigenvalue weighted by molar-refractivity contribution is -0.138. The Bertz CT molecular complexity index is 738. The van der Waals surface area contributed by atoms with Gasteiger partial charge in [-0.1, -0.05) is 6.07 Å². The average molecular weight is 327 g/mol. The maximum Gasteiger partial charge on any atom is 0.304 e. The molecule has 0 aromatic carbocycles. The molecule has 0 saturated carbocycles. The Kier molecular flexibility index (Phi) is 4.55. The van der Waals surface area contributed by atoms with E-state index in [1.54, 1.807) is 24.7 Å². The highest BCUT2D eigenvalue weighted by Crippen LogP contribution is 2.31. The standard InChI is InChI=1S/C16H17N5O3/c17-10-16(11-24-8-7-21(16)6-3-14(22)23)12-1-2-13(20-9-12)15-18-4-5-19-15/h1-2,4-5,9H,3,6-8,11H2,(H,18,19)(H,22,23). The fourth-order valence-corrected chi connectivity index (χ4v) is 2.83. The van der Waals surface area contributed by atoms with Gasteiger partial charge >= 0.3 is 5.97 Å². The number of pyridine rings is 1. The first-order chi connectivity index (χ1) is 11.7. The first kappa shape index (κ1) is 16.1. The summed E-state index contributed by atoms with van der Waals surface area (Å²) < 4.78 is 5.51. The van der Waals surface area contributed by atoms with Crippen LogP contribution in [-0.2, 0) is 15.1 Å². The molecule has 0 radical (unpaired) electrons. The third kappa shape index (κ3) is 2.99. The number of ether oxygens (including phenoxy) is 1. The lowest BCUT2D eigenvalue weighted by Gasteiger charge is -2.42. The Hall–Kier alpha value is -2.76. The van der Waals surface area contributed by atoms with Crippen molar-refractivity contribution in [3.8, 4) is 17.6 Å². The van der Waals surface area contributed by atoms with Gasteiger partial charge in [-0.3, -0.25) is 14.7 Å². The smallest absolute Gasteiger partial charge is 0.304 e. The van der Waals surface area contributed by atoms with Crippen LogP contribution in [0.2, 0.25) is 0 Å². The van der Waals surface area contributed by atoms with E-state index in [2.05, 4.69) is 21.0 Å². The van der Waals surface area contributed by atoms with E-state index in [1.807, 2.05) is 11.0 Å². The van der Waals surface area contributed by atoms with Gasteiger partial charge in [0, 0.05) is 37.2 Å². The van der Waals surface area contributed by atoms with Gasteiger partial charge in [0.05, 0.1) is 25.7 Å². The van der Waals surface area contributed by atoms with Crippen LogP contribution in [0.1, 0.15) is 12.0 Å². The summed E-state index contributed by atoms with van der Waals surface area (Å²) in [6.45, 7) is 1.44. The van der Waals surface area contributed by atoms with Crippen LogP contribution in [0.4, 0.5) is 0 Å². The van der Waals surface area contributed by atoms with Crippen molar-refractivity contribution in [2.45, 2.75) is 12.0 Å². The topological polar surface area (TPSA) is 115 Å². The van der Waals surface area contributed by atoms with Crippen molar-refractivity contribution in [2.75, 3.05) is 26.3 Å². The van der Waals surface area contributed by atoms with Crippen molar-refractivity contribution in [1.82, 2.24) is 19.9 Å². The van der Waals surface area contributed by atoms with Crippen LogP contribution in [0, 0.1) is 11.3 Å². The number of hydrogen-bond donors (Lipinski definition) is 2. The lowest BCUT2D eigenvalue weighted by Crippen LogP contribution is -2.54. The van der Waals surface area contributed by atoms with Crippen LogP contribution in [0.25, 0.3) is 11.5 Å². The first-order valence-electron chi connectivity index (χ1n) is 7.58. The predicted octanol–water partition coefficient (Wildman–Crippen LogP) is 0.997. The molecule has 0 spiro atoms. The van der Waals surface area contributed by atoms with E-state index in [0.717, 1.165) is 0 Å². The predicted molar refractivity (Wildman–Crippen MR) is 83.8 cm³/mol. The monoisotopic (exact) mass is 327 g/mol. The molecule has 1 aliphatic rings. The largest absolute Gasteiger partial charge is 0.481 e.